The van der Waals surface area contributed by atoms with Crippen molar-refractivity contribution in [3.05, 3.63) is 59.4 Å². The van der Waals surface area contributed by atoms with Gasteiger partial charge >= 0.3 is 0 Å². The highest BCUT2D eigenvalue weighted by Crippen LogP contribution is 2.35. The lowest BCUT2D eigenvalue weighted by Crippen LogP contribution is -2.45. The fourth-order valence-corrected chi connectivity index (χ4v) is 5.25. The van der Waals surface area contributed by atoms with Crippen LogP contribution < -0.4 is 4.90 Å². The molecule has 0 aliphatic carbocycles. The molecule has 3 aliphatic heterocycles. The lowest BCUT2D eigenvalue weighted by molar-refractivity contribution is -0.137. The maximum absolute atomic E-state index is 13.3. The van der Waals surface area contributed by atoms with E-state index in [1.807, 2.05) is 23.1 Å². The zero-order valence-electron chi connectivity index (χ0n) is 19.1. The van der Waals surface area contributed by atoms with Gasteiger partial charge in [-0.15, -0.1) is 0 Å². The Hall–Kier alpha value is -3.22. The highest BCUT2D eigenvalue weighted by atomic mass is 16.2. The Balaban J connectivity index is 1.28. The molecule has 2 aromatic rings. The number of piperidine rings is 2. The highest BCUT2D eigenvalue weighted by molar-refractivity contribution is 6.23. The average Bonchev–Trinajstić information content (AvgIpc) is 3.10. The van der Waals surface area contributed by atoms with Crippen LogP contribution in [-0.4, -0.2) is 58.7 Å². The van der Waals surface area contributed by atoms with E-state index >= 15 is 0 Å². The van der Waals surface area contributed by atoms with E-state index in [9.17, 15) is 14.4 Å². The van der Waals surface area contributed by atoms with Crippen molar-refractivity contribution in [2.75, 3.05) is 31.1 Å². The van der Waals surface area contributed by atoms with Crippen LogP contribution in [0.1, 0.15) is 58.9 Å². The van der Waals surface area contributed by atoms with Crippen molar-refractivity contribution in [3.63, 3.8) is 0 Å². The first kappa shape index (κ1) is 21.6. The van der Waals surface area contributed by atoms with Gasteiger partial charge in [-0.3, -0.25) is 24.3 Å². The lowest BCUT2D eigenvalue weighted by atomic mass is 9.92. The lowest BCUT2D eigenvalue weighted by Gasteiger charge is -2.37. The SMILES string of the molecule is CC1CCN(C(=O)C2CCN(c3cccc4c3C(=O)N(Cc3cccnc3)C4=O)CC2)CC1. The molecule has 7 nitrogen and oxygen atoms in total. The zero-order chi connectivity index (χ0) is 22.9. The third-order valence-electron chi connectivity index (χ3n) is 7.32. The molecule has 0 radical (unpaired) electrons. The van der Waals surface area contributed by atoms with Gasteiger partial charge in [-0.1, -0.05) is 19.1 Å². The number of hydrogen-bond donors (Lipinski definition) is 0. The number of benzene rings is 1. The number of likely N-dealkylation sites (tertiary alicyclic amines) is 1. The normalized spacial score (nSPS) is 19.8. The zero-order valence-corrected chi connectivity index (χ0v) is 19.1. The first-order valence-electron chi connectivity index (χ1n) is 11.9. The summed E-state index contributed by atoms with van der Waals surface area (Å²) in [5.41, 5.74) is 2.57. The van der Waals surface area contributed by atoms with Crippen molar-refractivity contribution in [2.45, 2.75) is 39.2 Å². The number of fused-ring (bicyclic) bond motifs is 1. The van der Waals surface area contributed by atoms with Crippen LogP contribution in [0.5, 0.6) is 0 Å². The van der Waals surface area contributed by atoms with Gasteiger partial charge in [0.05, 0.1) is 23.4 Å². The number of amides is 3. The molecule has 3 aliphatic rings. The smallest absolute Gasteiger partial charge is 0.263 e. The minimum Gasteiger partial charge on any atom is -0.371 e. The quantitative estimate of drug-likeness (QED) is 0.674. The molecule has 0 unspecified atom stereocenters. The fourth-order valence-electron chi connectivity index (χ4n) is 5.25. The Morgan fingerprint density at radius 2 is 1.73 bits per heavy atom. The van der Waals surface area contributed by atoms with E-state index in [-0.39, 0.29) is 30.2 Å². The van der Waals surface area contributed by atoms with Crippen molar-refractivity contribution in [3.8, 4) is 0 Å². The summed E-state index contributed by atoms with van der Waals surface area (Å²) in [5.74, 6) is 0.522. The number of anilines is 1. The second-order valence-corrected chi connectivity index (χ2v) is 9.53. The van der Waals surface area contributed by atoms with Gasteiger partial charge in [0.2, 0.25) is 5.91 Å². The monoisotopic (exact) mass is 446 g/mol. The molecule has 3 amide bonds. The molecule has 0 bridgehead atoms. The molecule has 2 fully saturated rings. The highest BCUT2D eigenvalue weighted by Gasteiger charge is 2.39. The topological polar surface area (TPSA) is 73.8 Å². The molecular weight excluding hydrogens is 416 g/mol. The first-order chi connectivity index (χ1) is 16.0. The van der Waals surface area contributed by atoms with Gasteiger partial charge in [-0.25, -0.2) is 0 Å². The number of carbonyl (C=O) groups excluding carboxylic acids is 3. The number of imide groups is 1. The molecule has 7 heteroatoms. The van der Waals surface area contributed by atoms with Crippen LogP contribution in [0.25, 0.3) is 0 Å². The Labute approximate surface area is 194 Å². The third kappa shape index (κ3) is 4.12. The second-order valence-electron chi connectivity index (χ2n) is 9.53. The van der Waals surface area contributed by atoms with E-state index in [0.29, 0.717) is 30.1 Å². The summed E-state index contributed by atoms with van der Waals surface area (Å²) in [5, 5.41) is 0. The van der Waals surface area contributed by atoms with Crippen LogP contribution in [0, 0.1) is 11.8 Å². The van der Waals surface area contributed by atoms with Gasteiger partial charge in [0.1, 0.15) is 0 Å². The third-order valence-corrected chi connectivity index (χ3v) is 7.32. The molecule has 4 heterocycles. The molecule has 0 atom stereocenters. The molecule has 1 aromatic carbocycles. The second kappa shape index (κ2) is 8.96. The molecule has 0 N–H and O–H groups in total. The predicted molar refractivity (Wildman–Crippen MR) is 125 cm³/mol. The summed E-state index contributed by atoms with van der Waals surface area (Å²) >= 11 is 0. The molecule has 2 saturated heterocycles. The molecule has 0 spiro atoms. The number of aromatic nitrogens is 1. The van der Waals surface area contributed by atoms with E-state index < -0.39 is 0 Å². The minimum atomic E-state index is -0.259. The molecule has 33 heavy (non-hydrogen) atoms. The number of carbonyl (C=O) groups is 3. The van der Waals surface area contributed by atoms with E-state index in [2.05, 4.69) is 16.8 Å². The van der Waals surface area contributed by atoms with Crippen LogP contribution in [0.3, 0.4) is 0 Å². The Morgan fingerprint density at radius 3 is 2.42 bits per heavy atom. The Kier molecular flexibility index (Phi) is 5.87. The summed E-state index contributed by atoms with van der Waals surface area (Å²) in [6.07, 6.45) is 7.07. The van der Waals surface area contributed by atoms with Crippen LogP contribution in [0.15, 0.2) is 42.7 Å². The van der Waals surface area contributed by atoms with E-state index in [1.54, 1.807) is 24.5 Å². The summed E-state index contributed by atoms with van der Waals surface area (Å²) < 4.78 is 0. The van der Waals surface area contributed by atoms with E-state index in [1.165, 1.54) is 4.90 Å². The predicted octanol–water partition coefficient (Wildman–Crippen LogP) is 3.35. The number of rotatable bonds is 4. The van der Waals surface area contributed by atoms with Gasteiger partial charge in [0.25, 0.3) is 11.8 Å². The molecule has 1 aromatic heterocycles. The fraction of sp³-hybridized carbons (Fsp3) is 0.462. The average molecular weight is 447 g/mol. The largest absolute Gasteiger partial charge is 0.371 e. The number of pyridine rings is 1. The van der Waals surface area contributed by atoms with Gasteiger partial charge in [-0.2, -0.15) is 0 Å². The Bertz CT molecular complexity index is 1050. The van der Waals surface area contributed by atoms with Gasteiger partial charge in [0.15, 0.2) is 0 Å². The maximum atomic E-state index is 13.3. The van der Waals surface area contributed by atoms with Crippen molar-refractivity contribution >= 4 is 23.4 Å². The van der Waals surface area contributed by atoms with Crippen LogP contribution in [-0.2, 0) is 11.3 Å². The van der Waals surface area contributed by atoms with E-state index in [0.717, 1.165) is 50.0 Å². The summed E-state index contributed by atoms with van der Waals surface area (Å²) in [4.78, 5) is 48.9. The van der Waals surface area contributed by atoms with Crippen LogP contribution in [0.2, 0.25) is 0 Å². The van der Waals surface area contributed by atoms with Crippen molar-refractivity contribution in [2.24, 2.45) is 11.8 Å². The Morgan fingerprint density at radius 1 is 0.970 bits per heavy atom. The van der Waals surface area contributed by atoms with Crippen molar-refractivity contribution in [1.82, 2.24) is 14.8 Å². The molecule has 0 saturated carbocycles. The first-order valence-corrected chi connectivity index (χ1v) is 11.9. The maximum Gasteiger partial charge on any atom is 0.263 e. The summed E-state index contributed by atoms with van der Waals surface area (Å²) in [7, 11) is 0. The van der Waals surface area contributed by atoms with Crippen LogP contribution in [0.4, 0.5) is 5.69 Å². The molecule has 5 rings (SSSR count). The van der Waals surface area contributed by atoms with E-state index in [4.69, 9.17) is 0 Å². The van der Waals surface area contributed by atoms with Crippen molar-refractivity contribution < 1.29 is 14.4 Å². The van der Waals surface area contributed by atoms with Crippen LogP contribution >= 0.6 is 0 Å². The summed E-state index contributed by atoms with van der Waals surface area (Å²) in [6.45, 7) is 5.63. The molecule has 172 valence electrons. The van der Waals surface area contributed by atoms with Gasteiger partial charge in [-0.05, 0) is 55.4 Å². The van der Waals surface area contributed by atoms with Crippen molar-refractivity contribution in [1.29, 1.82) is 0 Å². The summed E-state index contributed by atoms with van der Waals surface area (Å²) in [6, 6.07) is 9.16. The van der Waals surface area contributed by atoms with Gasteiger partial charge in [0, 0.05) is 44.5 Å². The molecular formula is C26H30N4O3. The number of nitrogens with zero attached hydrogens (tertiary/aromatic N) is 4. The standard InChI is InChI=1S/C26H30N4O3/c1-18-7-12-29(13-8-18)24(31)20-9-14-28(15-10-20)22-6-2-5-21-23(22)26(33)30(25(21)32)17-19-4-3-11-27-16-19/h2-6,11,16,18,20H,7-10,12-15,17H2,1H3. The van der Waals surface area contributed by atoms with Gasteiger partial charge < -0.3 is 9.80 Å². The number of hydrogen-bond acceptors (Lipinski definition) is 5. The minimum absolute atomic E-state index is 0.0471.